The fourth-order valence-electron chi connectivity index (χ4n) is 2.04. The van der Waals surface area contributed by atoms with Crippen molar-refractivity contribution in [2.75, 3.05) is 7.11 Å². The number of benzene rings is 1. The van der Waals surface area contributed by atoms with Gasteiger partial charge in [-0.15, -0.1) is 0 Å². The highest BCUT2D eigenvalue weighted by atomic mass is 127. The number of aromatic nitrogens is 2. The molecule has 0 aliphatic rings. The Bertz CT molecular complexity index is 729. The molecule has 0 aliphatic heterocycles. The van der Waals surface area contributed by atoms with Gasteiger partial charge in [0.15, 0.2) is 5.69 Å². The number of carbonyl (C=O) groups excluding carboxylic acids is 1. The Kier molecular flexibility index (Phi) is 4.63. The van der Waals surface area contributed by atoms with Crippen LogP contribution in [0.3, 0.4) is 0 Å². The van der Waals surface area contributed by atoms with Gasteiger partial charge in [0.05, 0.1) is 33.7 Å². The first-order valence-corrected chi connectivity index (χ1v) is 7.44. The highest BCUT2D eigenvalue weighted by Gasteiger charge is 2.24. The number of hydrogen-bond acceptors (Lipinski definition) is 4. The van der Waals surface area contributed by atoms with E-state index in [0.717, 1.165) is 15.0 Å². The van der Waals surface area contributed by atoms with Crippen molar-refractivity contribution in [3.63, 3.8) is 0 Å². The van der Waals surface area contributed by atoms with Gasteiger partial charge < -0.3 is 4.74 Å². The van der Waals surface area contributed by atoms with E-state index < -0.39 is 5.97 Å². The minimum atomic E-state index is -0.462. The Hall–Kier alpha value is -1.88. The molecule has 0 atom stereocenters. The van der Waals surface area contributed by atoms with Crippen LogP contribution in [-0.2, 0) is 4.74 Å². The maximum Gasteiger partial charge on any atom is 0.359 e. The van der Waals surface area contributed by atoms with E-state index in [-0.39, 0.29) is 5.92 Å². The molecule has 0 amide bonds. The molecule has 0 radical (unpaired) electrons. The summed E-state index contributed by atoms with van der Waals surface area (Å²) in [6.07, 6.45) is 0. The van der Waals surface area contributed by atoms with Crippen LogP contribution in [0.4, 0.5) is 0 Å². The van der Waals surface area contributed by atoms with E-state index in [0.29, 0.717) is 11.3 Å². The number of hydrogen-bond donors (Lipinski definition) is 0. The Morgan fingerprint density at radius 3 is 2.76 bits per heavy atom. The van der Waals surface area contributed by atoms with Gasteiger partial charge in [-0.05, 0) is 46.7 Å². The van der Waals surface area contributed by atoms with Crippen LogP contribution in [0.2, 0.25) is 0 Å². The summed E-state index contributed by atoms with van der Waals surface area (Å²) in [6.45, 7) is 4.07. The molecule has 2 aromatic rings. The van der Waals surface area contributed by atoms with Crippen molar-refractivity contribution in [2.45, 2.75) is 19.8 Å². The summed E-state index contributed by atoms with van der Waals surface area (Å²) in [5.74, 6) is -0.287. The third-order valence-electron chi connectivity index (χ3n) is 3.01. The van der Waals surface area contributed by atoms with E-state index in [4.69, 9.17) is 10.00 Å². The number of methoxy groups -OCH3 is 1. The molecule has 0 N–H and O–H groups in total. The van der Waals surface area contributed by atoms with Gasteiger partial charge in [-0.1, -0.05) is 19.9 Å². The number of esters is 1. The van der Waals surface area contributed by atoms with Crippen molar-refractivity contribution in [2.24, 2.45) is 0 Å². The van der Waals surface area contributed by atoms with Crippen molar-refractivity contribution in [3.05, 3.63) is 44.8 Å². The van der Waals surface area contributed by atoms with Gasteiger partial charge in [0.2, 0.25) is 0 Å². The van der Waals surface area contributed by atoms with E-state index >= 15 is 0 Å². The minimum absolute atomic E-state index is 0.175. The zero-order valence-corrected chi connectivity index (χ0v) is 14.1. The Morgan fingerprint density at radius 1 is 1.48 bits per heavy atom. The summed E-state index contributed by atoms with van der Waals surface area (Å²) in [4.78, 5) is 11.8. The van der Waals surface area contributed by atoms with E-state index in [1.807, 2.05) is 19.9 Å². The van der Waals surface area contributed by atoms with Crippen molar-refractivity contribution >= 4 is 28.6 Å². The highest BCUT2D eigenvalue weighted by Crippen LogP contribution is 2.28. The first-order valence-electron chi connectivity index (χ1n) is 6.36. The van der Waals surface area contributed by atoms with Crippen LogP contribution in [0.25, 0.3) is 5.69 Å². The summed E-state index contributed by atoms with van der Waals surface area (Å²) in [6, 6.07) is 9.24. The van der Waals surface area contributed by atoms with Crippen LogP contribution in [0.1, 0.15) is 41.5 Å². The van der Waals surface area contributed by atoms with Gasteiger partial charge >= 0.3 is 5.97 Å². The number of halogens is 1. The van der Waals surface area contributed by atoms with Crippen LogP contribution >= 0.6 is 22.6 Å². The second-order valence-electron chi connectivity index (χ2n) is 4.77. The molecule has 0 aliphatic carbocycles. The van der Waals surface area contributed by atoms with Gasteiger partial charge in [-0.3, -0.25) is 0 Å². The SMILES string of the molecule is COC(=O)c1nn(-c2cccc(C#N)c2)c(C(C)C)c1I. The predicted molar refractivity (Wildman–Crippen MR) is 86.4 cm³/mol. The van der Waals surface area contributed by atoms with Crippen molar-refractivity contribution < 1.29 is 9.53 Å². The van der Waals surface area contributed by atoms with Crippen molar-refractivity contribution in [3.8, 4) is 11.8 Å². The maximum absolute atomic E-state index is 11.8. The second kappa shape index (κ2) is 6.26. The summed E-state index contributed by atoms with van der Waals surface area (Å²) in [7, 11) is 1.34. The first kappa shape index (κ1) is 15.5. The molecule has 2 rings (SSSR count). The number of nitriles is 1. The molecule has 0 fully saturated rings. The molecular weight excluding hydrogens is 381 g/mol. The first-order chi connectivity index (χ1) is 9.99. The van der Waals surface area contributed by atoms with Gasteiger partial charge in [0.25, 0.3) is 0 Å². The Balaban J connectivity index is 2.67. The van der Waals surface area contributed by atoms with Crippen molar-refractivity contribution in [1.29, 1.82) is 5.26 Å². The van der Waals surface area contributed by atoms with E-state index in [1.54, 1.807) is 22.9 Å². The van der Waals surface area contributed by atoms with Crippen LogP contribution < -0.4 is 0 Å². The van der Waals surface area contributed by atoms with Crippen LogP contribution in [-0.4, -0.2) is 22.9 Å². The molecule has 21 heavy (non-hydrogen) atoms. The third kappa shape index (κ3) is 2.93. The lowest BCUT2D eigenvalue weighted by atomic mass is 10.1. The van der Waals surface area contributed by atoms with E-state index in [1.165, 1.54) is 7.11 Å². The topological polar surface area (TPSA) is 67.9 Å². The average molecular weight is 395 g/mol. The molecule has 0 unspecified atom stereocenters. The molecule has 0 bridgehead atoms. The minimum Gasteiger partial charge on any atom is -0.464 e. The molecule has 6 heteroatoms. The number of ether oxygens (including phenoxy) is 1. The molecule has 0 saturated carbocycles. The van der Waals surface area contributed by atoms with E-state index in [9.17, 15) is 4.79 Å². The number of nitrogens with zero attached hydrogens (tertiary/aromatic N) is 3. The van der Waals surface area contributed by atoms with Crippen molar-refractivity contribution in [1.82, 2.24) is 9.78 Å². The highest BCUT2D eigenvalue weighted by molar-refractivity contribution is 14.1. The lowest BCUT2D eigenvalue weighted by Crippen LogP contribution is -2.06. The maximum atomic E-state index is 11.8. The van der Waals surface area contributed by atoms with Gasteiger partial charge in [-0.2, -0.15) is 10.4 Å². The predicted octanol–water partition coefficient (Wildman–Crippen LogP) is 3.26. The Labute approximate surface area is 136 Å². The monoisotopic (exact) mass is 395 g/mol. The normalized spacial score (nSPS) is 10.5. The largest absolute Gasteiger partial charge is 0.464 e. The summed E-state index contributed by atoms with van der Waals surface area (Å²) in [5, 5.41) is 13.4. The Morgan fingerprint density at radius 2 is 2.19 bits per heavy atom. The van der Waals surface area contributed by atoms with Crippen LogP contribution in [0.5, 0.6) is 0 Å². The molecule has 0 saturated heterocycles. The lowest BCUT2D eigenvalue weighted by molar-refractivity contribution is 0.0592. The number of carbonyl (C=O) groups is 1. The quantitative estimate of drug-likeness (QED) is 0.591. The second-order valence-corrected chi connectivity index (χ2v) is 5.85. The fraction of sp³-hybridized carbons (Fsp3) is 0.267. The molecule has 108 valence electrons. The molecular formula is C15H14IN3O2. The standard InChI is InChI=1S/C15H14IN3O2/c1-9(2)14-12(16)13(15(20)21-3)18-19(14)11-6-4-5-10(7-11)8-17/h4-7,9H,1-3H3. The summed E-state index contributed by atoms with van der Waals surface area (Å²) >= 11 is 2.11. The molecule has 1 heterocycles. The smallest absolute Gasteiger partial charge is 0.359 e. The number of rotatable bonds is 3. The van der Waals surface area contributed by atoms with E-state index in [2.05, 4.69) is 33.8 Å². The molecule has 1 aromatic heterocycles. The molecule has 5 nitrogen and oxygen atoms in total. The lowest BCUT2D eigenvalue weighted by Gasteiger charge is -2.10. The van der Waals surface area contributed by atoms with Gasteiger partial charge in [0.1, 0.15) is 0 Å². The summed E-state index contributed by atoms with van der Waals surface area (Å²) in [5.41, 5.74) is 2.52. The zero-order chi connectivity index (χ0) is 15.6. The fourth-order valence-corrected chi connectivity index (χ4v) is 3.22. The van der Waals surface area contributed by atoms with Crippen LogP contribution in [0.15, 0.2) is 24.3 Å². The molecule has 1 aromatic carbocycles. The third-order valence-corrected chi connectivity index (χ3v) is 4.07. The van der Waals surface area contributed by atoms with Gasteiger partial charge in [0, 0.05) is 0 Å². The van der Waals surface area contributed by atoms with Gasteiger partial charge in [-0.25, -0.2) is 9.48 Å². The summed E-state index contributed by atoms with van der Waals surface area (Å²) < 4.78 is 7.26. The van der Waals surface area contributed by atoms with Crippen LogP contribution in [0, 0.1) is 14.9 Å². The molecule has 0 spiro atoms. The zero-order valence-electron chi connectivity index (χ0n) is 11.9. The average Bonchev–Trinajstić information content (AvgIpc) is 2.84.